The van der Waals surface area contributed by atoms with Crippen LogP contribution in [0, 0.1) is 6.92 Å². The number of piperidine rings is 1. The molecule has 0 atom stereocenters. The molecule has 2 aromatic heterocycles. The quantitative estimate of drug-likeness (QED) is 0.886. The van der Waals surface area contributed by atoms with E-state index >= 15 is 0 Å². The van der Waals surface area contributed by atoms with Crippen LogP contribution in [0.1, 0.15) is 43.0 Å². The lowest BCUT2D eigenvalue weighted by Gasteiger charge is -2.26. The van der Waals surface area contributed by atoms with Gasteiger partial charge in [-0.1, -0.05) is 13.3 Å². The van der Waals surface area contributed by atoms with E-state index in [0.717, 1.165) is 24.2 Å². The number of aromatic nitrogens is 1. The van der Waals surface area contributed by atoms with Gasteiger partial charge in [0.1, 0.15) is 0 Å². The molecular formula is C18H25ClN2OS. The minimum Gasteiger partial charge on any atom is -0.326 e. The second-order valence-corrected chi connectivity index (χ2v) is 7.04. The van der Waals surface area contributed by atoms with Crippen molar-refractivity contribution in [3.05, 3.63) is 44.7 Å². The molecule has 0 spiro atoms. The Morgan fingerprint density at radius 1 is 1.22 bits per heavy atom. The van der Waals surface area contributed by atoms with Gasteiger partial charge in [-0.3, -0.25) is 9.69 Å². The number of nitrogens with zero attached hydrogens (tertiary/aromatic N) is 1. The summed E-state index contributed by atoms with van der Waals surface area (Å²) in [4.78, 5) is 18.8. The number of rotatable bonds is 4. The second kappa shape index (κ2) is 8.13. The molecule has 23 heavy (non-hydrogen) atoms. The van der Waals surface area contributed by atoms with Crippen LogP contribution >= 0.6 is 23.7 Å². The van der Waals surface area contributed by atoms with Crippen LogP contribution in [0.15, 0.2) is 22.3 Å². The summed E-state index contributed by atoms with van der Waals surface area (Å²) in [6.07, 6.45) is 4.77. The molecule has 0 aromatic carbocycles. The number of hydrogen-bond acceptors (Lipinski definition) is 3. The predicted molar refractivity (Wildman–Crippen MR) is 101 cm³/mol. The molecule has 0 radical (unpaired) electrons. The van der Waals surface area contributed by atoms with E-state index in [2.05, 4.69) is 27.4 Å². The zero-order valence-electron chi connectivity index (χ0n) is 13.9. The Hall–Kier alpha value is -1.10. The van der Waals surface area contributed by atoms with Gasteiger partial charge in [-0.25, -0.2) is 0 Å². The van der Waals surface area contributed by atoms with Gasteiger partial charge in [0, 0.05) is 28.2 Å². The van der Waals surface area contributed by atoms with E-state index in [9.17, 15) is 4.79 Å². The Kier molecular flexibility index (Phi) is 6.45. The summed E-state index contributed by atoms with van der Waals surface area (Å²) in [6.45, 7) is 7.48. The van der Waals surface area contributed by atoms with Crippen molar-refractivity contribution < 1.29 is 0 Å². The molecule has 1 aliphatic heterocycles. The molecule has 3 heterocycles. The molecule has 0 saturated carbocycles. The van der Waals surface area contributed by atoms with E-state index in [0.29, 0.717) is 0 Å². The molecule has 1 saturated heterocycles. The molecular weight excluding hydrogens is 328 g/mol. The first-order valence-electron chi connectivity index (χ1n) is 8.21. The maximum atomic E-state index is 11.9. The number of pyridine rings is 1. The standard InChI is InChI=1S/C18H24N2OS.ClH/c1-3-14-11-16(13(2)19-18(14)21)17-15(7-10-22-17)12-20-8-5-4-6-9-20;/h7,10-11H,3-6,8-9,12H2,1-2H3,(H,19,21);1H. The Bertz CT molecular complexity index is 701. The molecule has 0 aliphatic carbocycles. The molecule has 3 nitrogen and oxygen atoms in total. The van der Waals surface area contributed by atoms with Crippen molar-refractivity contribution in [2.24, 2.45) is 0 Å². The number of halogens is 1. The number of hydrogen-bond donors (Lipinski definition) is 1. The third-order valence-corrected chi connectivity index (χ3v) is 5.52. The Morgan fingerprint density at radius 3 is 2.65 bits per heavy atom. The van der Waals surface area contributed by atoms with Crippen LogP contribution in [0.4, 0.5) is 0 Å². The van der Waals surface area contributed by atoms with Crippen molar-refractivity contribution in [3.63, 3.8) is 0 Å². The lowest BCUT2D eigenvalue weighted by molar-refractivity contribution is 0.221. The molecule has 1 fully saturated rings. The van der Waals surface area contributed by atoms with Gasteiger partial charge < -0.3 is 4.98 Å². The van der Waals surface area contributed by atoms with Crippen molar-refractivity contribution in [1.82, 2.24) is 9.88 Å². The van der Waals surface area contributed by atoms with Crippen LogP contribution in [-0.4, -0.2) is 23.0 Å². The van der Waals surface area contributed by atoms with Crippen molar-refractivity contribution in [2.45, 2.75) is 46.1 Å². The fraction of sp³-hybridized carbons (Fsp3) is 0.500. The zero-order valence-corrected chi connectivity index (χ0v) is 15.5. The van der Waals surface area contributed by atoms with Gasteiger partial charge in [0.15, 0.2) is 0 Å². The minimum absolute atomic E-state index is 0. The number of nitrogens with one attached hydrogen (secondary N) is 1. The van der Waals surface area contributed by atoms with Gasteiger partial charge in [-0.05, 0) is 62.4 Å². The summed E-state index contributed by atoms with van der Waals surface area (Å²) in [6, 6.07) is 4.32. The molecule has 3 rings (SSSR count). The van der Waals surface area contributed by atoms with Gasteiger partial charge >= 0.3 is 0 Å². The van der Waals surface area contributed by atoms with Crippen molar-refractivity contribution in [3.8, 4) is 10.4 Å². The summed E-state index contributed by atoms with van der Waals surface area (Å²) >= 11 is 1.78. The smallest absolute Gasteiger partial charge is 0.251 e. The molecule has 0 bridgehead atoms. The molecule has 1 aliphatic rings. The highest BCUT2D eigenvalue weighted by Gasteiger charge is 2.16. The minimum atomic E-state index is 0. The third kappa shape index (κ3) is 4.06. The Morgan fingerprint density at radius 2 is 1.96 bits per heavy atom. The summed E-state index contributed by atoms with van der Waals surface area (Å²) in [7, 11) is 0. The maximum Gasteiger partial charge on any atom is 0.251 e. The average Bonchev–Trinajstić information content (AvgIpc) is 2.96. The number of aromatic amines is 1. The first-order valence-corrected chi connectivity index (χ1v) is 9.09. The van der Waals surface area contributed by atoms with Crippen LogP contribution < -0.4 is 5.56 Å². The van der Waals surface area contributed by atoms with E-state index in [-0.39, 0.29) is 18.0 Å². The van der Waals surface area contributed by atoms with E-state index < -0.39 is 0 Å². The lowest BCUT2D eigenvalue weighted by atomic mass is 10.0. The van der Waals surface area contributed by atoms with Gasteiger partial charge in [0.25, 0.3) is 5.56 Å². The molecule has 0 unspecified atom stereocenters. The van der Waals surface area contributed by atoms with E-state index in [1.165, 1.54) is 48.4 Å². The van der Waals surface area contributed by atoms with E-state index in [1.807, 2.05) is 13.8 Å². The van der Waals surface area contributed by atoms with Crippen LogP contribution in [0.2, 0.25) is 0 Å². The fourth-order valence-electron chi connectivity index (χ4n) is 3.22. The predicted octanol–water partition coefficient (Wildman–Crippen LogP) is 4.38. The first kappa shape index (κ1) is 18.2. The van der Waals surface area contributed by atoms with Crippen LogP contribution in [0.25, 0.3) is 10.4 Å². The normalized spacial score (nSPS) is 15.4. The first-order chi connectivity index (χ1) is 10.7. The summed E-state index contributed by atoms with van der Waals surface area (Å²) in [5.74, 6) is 0. The van der Waals surface area contributed by atoms with Crippen LogP contribution in [0.5, 0.6) is 0 Å². The SMILES string of the molecule is CCc1cc(-c2sccc2CN2CCCCC2)c(C)[nH]c1=O.Cl. The van der Waals surface area contributed by atoms with E-state index in [1.54, 1.807) is 11.3 Å². The zero-order chi connectivity index (χ0) is 15.5. The lowest BCUT2D eigenvalue weighted by Crippen LogP contribution is -2.29. The maximum absolute atomic E-state index is 11.9. The van der Waals surface area contributed by atoms with Gasteiger partial charge in [0.2, 0.25) is 0 Å². The van der Waals surface area contributed by atoms with Gasteiger partial charge in [-0.2, -0.15) is 0 Å². The van der Waals surface area contributed by atoms with Crippen LogP contribution in [-0.2, 0) is 13.0 Å². The molecule has 126 valence electrons. The van der Waals surface area contributed by atoms with Crippen molar-refractivity contribution in [1.29, 1.82) is 0 Å². The number of likely N-dealkylation sites (tertiary alicyclic amines) is 1. The van der Waals surface area contributed by atoms with Crippen molar-refractivity contribution in [2.75, 3.05) is 13.1 Å². The Balaban J connectivity index is 0.00000192. The van der Waals surface area contributed by atoms with Gasteiger partial charge in [-0.15, -0.1) is 23.7 Å². The topological polar surface area (TPSA) is 36.1 Å². The summed E-state index contributed by atoms with van der Waals surface area (Å²) in [5.41, 5.74) is 4.49. The largest absolute Gasteiger partial charge is 0.326 e. The number of H-pyrrole nitrogens is 1. The molecule has 1 N–H and O–H groups in total. The molecule has 5 heteroatoms. The summed E-state index contributed by atoms with van der Waals surface area (Å²) in [5, 5.41) is 2.17. The fourth-order valence-corrected chi connectivity index (χ4v) is 4.21. The highest BCUT2D eigenvalue weighted by atomic mass is 35.5. The Labute approximate surface area is 148 Å². The third-order valence-electron chi connectivity index (χ3n) is 4.53. The van der Waals surface area contributed by atoms with E-state index in [4.69, 9.17) is 0 Å². The second-order valence-electron chi connectivity index (χ2n) is 6.13. The highest BCUT2D eigenvalue weighted by Crippen LogP contribution is 2.32. The number of thiophene rings is 1. The monoisotopic (exact) mass is 352 g/mol. The summed E-state index contributed by atoms with van der Waals surface area (Å²) < 4.78 is 0. The van der Waals surface area contributed by atoms with Crippen LogP contribution in [0.3, 0.4) is 0 Å². The number of aryl methyl sites for hydroxylation is 2. The van der Waals surface area contributed by atoms with Gasteiger partial charge in [0.05, 0.1) is 0 Å². The molecule has 0 amide bonds. The average molecular weight is 353 g/mol. The molecule has 2 aromatic rings. The van der Waals surface area contributed by atoms with Crippen molar-refractivity contribution >= 4 is 23.7 Å². The highest BCUT2D eigenvalue weighted by molar-refractivity contribution is 7.13.